The van der Waals surface area contributed by atoms with Gasteiger partial charge in [0.15, 0.2) is 5.13 Å². The summed E-state index contributed by atoms with van der Waals surface area (Å²) in [5.74, 6) is 0. The third-order valence-electron chi connectivity index (χ3n) is 1.44. The van der Waals surface area contributed by atoms with E-state index >= 15 is 0 Å². The molecule has 12 heavy (non-hydrogen) atoms. The summed E-state index contributed by atoms with van der Waals surface area (Å²) in [4.78, 5) is 4.38. The van der Waals surface area contributed by atoms with Crippen LogP contribution in [0.15, 0.2) is 5.38 Å². The highest BCUT2D eigenvalue weighted by atomic mass is 32.1. The highest BCUT2D eigenvalue weighted by Crippen LogP contribution is 2.14. The Balaban J connectivity index is 2.41. The molecule has 0 amide bonds. The number of hydrogen-bond acceptors (Lipinski definition) is 4. The van der Waals surface area contributed by atoms with Gasteiger partial charge in [0.1, 0.15) is 0 Å². The second kappa shape index (κ2) is 5.11. The molecular weight excluding hydrogens is 170 g/mol. The predicted molar refractivity (Wildman–Crippen MR) is 53.7 cm³/mol. The van der Waals surface area contributed by atoms with Crippen molar-refractivity contribution in [2.24, 2.45) is 0 Å². The van der Waals surface area contributed by atoms with Gasteiger partial charge in [-0.2, -0.15) is 0 Å². The summed E-state index contributed by atoms with van der Waals surface area (Å²) in [6.07, 6.45) is 1.14. The maximum absolute atomic E-state index is 4.38. The normalized spacial score (nSPS) is 10.2. The Hall–Kier alpha value is -0.610. The minimum atomic E-state index is 0.851. The zero-order chi connectivity index (χ0) is 8.81. The van der Waals surface area contributed by atoms with Crippen molar-refractivity contribution in [2.75, 3.05) is 18.9 Å². The van der Waals surface area contributed by atoms with Crippen molar-refractivity contribution in [1.29, 1.82) is 0 Å². The first-order chi connectivity index (χ1) is 5.86. The van der Waals surface area contributed by atoms with Crippen LogP contribution in [-0.2, 0) is 6.54 Å². The summed E-state index contributed by atoms with van der Waals surface area (Å²) in [7, 11) is 1.93. The van der Waals surface area contributed by atoms with E-state index in [4.69, 9.17) is 0 Å². The topological polar surface area (TPSA) is 37.0 Å². The fraction of sp³-hybridized carbons (Fsp3) is 0.625. The van der Waals surface area contributed by atoms with E-state index in [0.29, 0.717) is 0 Å². The molecule has 0 fully saturated rings. The summed E-state index contributed by atoms with van der Waals surface area (Å²) in [6, 6.07) is 0. The molecule has 2 N–H and O–H groups in total. The van der Waals surface area contributed by atoms with Gasteiger partial charge in [-0.15, -0.1) is 11.3 Å². The van der Waals surface area contributed by atoms with Gasteiger partial charge in [0.25, 0.3) is 0 Å². The van der Waals surface area contributed by atoms with Gasteiger partial charge in [0.05, 0.1) is 5.69 Å². The van der Waals surface area contributed by atoms with Crippen LogP contribution in [0.25, 0.3) is 0 Å². The largest absolute Gasteiger partial charge is 0.362 e. The molecule has 0 aliphatic carbocycles. The van der Waals surface area contributed by atoms with Crippen molar-refractivity contribution in [2.45, 2.75) is 19.9 Å². The number of hydrogen-bond donors (Lipinski definition) is 2. The molecule has 68 valence electrons. The fourth-order valence-electron chi connectivity index (χ4n) is 0.882. The van der Waals surface area contributed by atoms with Gasteiger partial charge < -0.3 is 10.6 Å². The summed E-state index contributed by atoms with van der Waals surface area (Å²) in [5.41, 5.74) is 1.11. The molecule has 0 bridgehead atoms. The van der Waals surface area contributed by atoms with Gasteiger partial charge in [0.2, 0.25) is 0 Å². The number of nitrogens with one attached hydrogen (secondary N) is 2. The average Bonchev–Trinajstić information content (AvgIpc) is 2.50. The van der Waals surface area contributed by atoms with Gasteiger partial charge in [0, 0.05) is 18.5 Å². The van der Waals surface area contributed by atoms with E-state index in [0.717, 1.165) is 30.3 Å². The first kappa shape index (κ1) is 9.48. The van der Waals surface area contributed by atoms with Crippen molar-refractivity contribution in [3.8, 4) is 0 Å². The Kier molecular flexibility index (Phi) is 4.04. The monoisotopic (exact) mass is 185 g/mol. The summed E-state index contributed by atoms with van der Waals surface area (Å²) >= 11 is 1.67. The Morgan fingerprint density at radius 1 is 1.58 bits per heavy atom. The Morgan fingerprint density at radius 2 is 2.42 bits per heavy atom. The van der Waals surface area contributed by atoms with E-state index in [1.807, 2.05) is 7.05 Å². The molecule has 1 rings (SSSR count). The molecule has 0 saturated carbocycles. The van der Waals surface area contributed by atoms with Gasteiger partial charge >= 0.3 is 0 Å². The van der Waals surface area contributed by atoms with Gasteiger partial charge in [-0.3, -0.25) is 0 Å². The van der Waals surface area contributed by atoms with Crippen molar-refractivity contribution in [3.63, 3.8) is 0 Å². The van der Waals surface area contributed by atoms with Crippen LogP contribution in [0, 0.1) is 0 Å². The molecule has 0 radical (unpaired) electrons. The first-order valence-corrected chi connectivity index (χ1v) is 5.07. The number of aromatic nitrogens is 1. The van der Waals surface area contributed by atoms with E-state index in [-0.39, 0.29) is 0 Å². The first-order valence-electron chi connectivity index (χ1n) is 4.19. The molecule has 1 heterocycles. The molecular formula is C8H15N3S. The molecule has 0 aliphatic heterocycles. The van der Waals surface area contributed by atoms with Crippen molar-refractivity contribution >= 4 is 16.5 Å². The Morgan fingerprint density at radius 3 is 3.08 bits per heavy atom. The van der Waals surface area contributed by atoms with Crippen LogP contribution < -0.4 is 10.6 Å². The van der Waals surface area contributed by atoms with Gasteiger partial charge in [-0.1, -0.05) is 6.92 Å². The molecule has 3 nitrogen and oxygen atoms in total. The zero-order valence-corrected chi connectivity index (χ0v) is 8.37. The Bertz CT molecular complexity index is 222. The fourth-order valence-corrected chi connectivity index (χ4v) is 1.62. The molecule has 1 aromatic rings. The van der Waals surface area contributed by atoms with Gasteiger partial charge in [-0.05, 0) is 13.5 Å². The maximum atomic E-state index is 4.38. The highest BCUT2D eigenvalue weighted by Gasteiger charge is 1.98. The second-order valence-corrected chi connectivity index (χ2v) is 3.46. The van der Waals surface area contributed by atoms with Crippen molar-refractivity contribution < 1.29 is 0 Å². The van der Waals surface area contributed by atoms with Crippen LogP contribution in [0.5, 0.6) is 0 Å². The van der Waals surface area contributed by atoms with Crippen LogP contribution in [-0.4, -0.2) is 18.6 Å². The number of anilines is 1. The van der Waals surface area contributed by atoms with E-state index < -0.39 is 0 Å². The third-order valence-corrected chi connectivity index (χ3v) is 2.28. The lowest BCUT2D eigenvalue weighted by molar-refractivity contribution is 0.797. The summed E-state index contributed by atoms with van der Waals surface area (Å²) in [5, 5.41) is 9.43. The lowest BCUT2D eigenvalue weighted by Gasteiger charge is -1.97. The predicted octanol–water partition coefficient (Wildman–Crippen LogP) is 1.68. The SMILES string of the molecule is CCCNc1nc(CNC)cs1. The minimum Gasteiger partial charge on any atom is -0.362 e. The molecule has 0 saturated heterocycles. The van der Waals surface area contributed by atoms with Crippen LogP contribution in [0.1, 0.15) is 19.0 Å². The van der Waals surface area contributed by atoms with Crippen LogP contribution in [0.3, 0.4) is 0 Å². The summed E-state index contributed by atoms with van der Waals surface area (Å²) < 4.78 is 0. The highest BCUT2D eigenvalue weighted by molar-refractivity contribution is 7.13. The van der Waals surface area contributed by atoms with E-state index in [2.05, 4.69) is 27.9 Å². The van der Waals surface area contributed by atoms with E-state index in [1.165, 1.54) is 0 Å². The van der Waals surface area contributed by atoms with E-state index in [9.17, 15) is 0 Å². The zero-order valence-electron chi connectivity index (χ0n) is 7.55. The van der Waals surface area contributed by atoms with Crippen LogP contribution >= 0.6 is 11.3 Å². The quantitative estimate of drug-likeness (QED) is 0.733. The van der Waals surface area contributed by atoms with Gasteiger partial charge in [-0.25, -0.2) is 4.98 Å². The Labute approximate surface area is 77.2 Å². The van der Waals surface area contributed by atoms with E-state index in [1.54, 1.807) is 11.3 Å². The molecule has 4 heteroatoms. The van der Waals surface area contributed by atoms with Crippen molar-refractivity contribution in [1.82, 2.24) is 10.3 Å². The smallest absolute Gasteiger partial charge is 0.182 e. The maximum Gasteiger partial charge on any atom is 0.182 e. The van der Waals surface area contributed by atoms with Crippen molar-refractivity contribution in [3.05, 3.63) is 11.1 Å². The second-order valence-electron chi connectivity index (χ2n) is 2.60. The number of thiazole rings is 1. The molecule has 0 aromatic carbocycles. The molecule has 0 unspecified atom stereocenters. The summed E-state index contributed by atoms with van der Waals surface area (Å²) in [6.45, 7) is 4.01. The van der Waals surface area contributed by atoms with Crippen LogP contribution in [0.2, 0.25) is 0 Å². The average molecular weight is 185 g/mol. The molecule has 0 aliphatic rings. The molecule has 0 atom stereocenters. The number of nitrogens with zero attached hydrogens (tertiary/aromatic N) is 1. The minimum absolute atomic E-state index is 0.851. The number of rotatable bonds is 5. The lowest BCUT2D eigenvalue weighted by atomic mass is 10.5. The molecule has 1 aromatic heterocycles. The molecule has 0 spiro atoms. The third kappa shape index (κ3) is 2.79. The standard InChI is InChI=1S/C8H15N3S/c1-3-4-10-8-11-7(5-9-2)6-12-8/h6,9H,3-5H2,1-2H3,(H,10,11). The lowest BCUT2D eigenvalue weighted by Crippen LogP contribution is -2.05. The van der Waals surface area contributed by atoms with Crippen LogP contribution in [0.4, 0.5) is 5.13 Å².